The zero-order valence-corrected chi connectivity index (χ0v) is 18.3. The third kappa shape index (κ3) is 6.64. The van der Waals surface area contributed by atoms with E-state index in [1.165, 1.54) is 0 Å². The molecule has 1 aromatic rings. The molecular formula is C22H33N3O5. The number of benzene rings is 1. The van der Waals surface area contributed by atoms with Crippen LogP contribution in [0.3, 0.4) is 0 Å². The van der Waals surface area contributed by atoms with Crippen LogP contribution in [-0.2, 0) is 20.7 Å². The molecule has 8 nitrogen and oxygen atoms in total. The maximum Gasteiger partial charge on any atom is 0.407 e. The molecule has 1 saturated heterocycles. The molecule has 1 aliphatic heterocycles. The maximum absolute atomic E-state index is 12.7. The molecule has 0 radical (unpaired) electrons. The smallest absolute Gasteiger partial charge is 0.407 e. The predicted octanol–water partition coefficient (Wildman–Crippen LogP) is 2.12. The minimum absolute atomic E-state index is 0.0296. The first-order valence-corrected chi connectivity index (χ1v) is 10.5. The van der Waals surface area contributed by atoms with Crippen LogP contribution in [0.5, 0.6) is 5.75 Å². The molecule has 0 aliphatic carbocycles. The summed E-state index contributed by atoms with van der Waals surface area (Å²) in [5.41, 5.74) is 0.866. The highest BCUT2D eigenvalue weighted by atomic mass is 16.5. The van der Waals surface area contributed by atoms with Crippen LogP contribution in [0.1, 0.15) is 39.2 Å². The Morgan fingerprint density at radius 2 is 1.83 bits per heavy atom. The number of ether oxygens (including phenoxy) is 2. The summed E-state index contributed by atoms with van der Waals surface area (Å²) in [6, 6.07) is 6.82. The number of piperidine rings is 1. The molecule has 1 aliphatic rings. The lowest BCUT2D eigenvalue weighted by atomic mass is 10.00. The fraction of sp³-hybridized carbons (Fsp3) is 0.591. The van der Waals surface area contributed by atoms with E-state index in [2.05, 4.69) is 10.6 Å². The molecule has 0 saturated carbocycles. The van der Waals surface area contributed by atoms with E-state index in [0.717, 1.165) is 5.56 Å². The third-order valence-electron chi connectivity index (χ3n) is 5.23. The SMILES string of the molecule is CCOC(=O)NC(C(=O)NC1CCN(C(=O)Cc2ccccc2OC)CC1)C(C)C. The number of methoxy groups -OCH3 is 1. The molecule has 1 fully saturated rings. The minimum atomic E-state index is -0.658. The second-order valence-electron chi connectivity index (χ2n) is 7.74. The Morgan fingerprint density at radius 1 is 1.17 bits per heavy atom. The van der Waals surface area contributed by atoms with Crippen molar-refractivity contribution in [2.24, 2.45) is 5.92 Å². The molecule has 1 unspecified atom stereocenters. The molecule has 166 valence electrons. The lowest BCUT2D eigenvalue weighted by Crippen LogP contribution is -2.54. The fourth-order valence-electron chi connectivity index (χ4n) is 3.52. The van der Waals surface area contributed by atoms with E-state index in [1.54, 1.807) is 14.0 Å². The molecule has 1 atom stereocenters. The highest BCUT2D eigenvalue weighted by molar-refractivity contribution is 5.86. The topological polar surface area (TPSA) is 97.0 Å². The van der Waals surface area contributed by atoms with Crippen molar-refractivity contribution in [2.75, 3.05) is 26.8 Å². The molecule has 2 rings (SSSR count). The first-order chi connectivity index (χ1) is 14.3. The fourth-order valence-corrected chi connectivity index (χ4v) is 3.52. The standard InChI is InChI=1S/C22H33N3O5/c1-5-30-22(28)24-20(15(2)3)21(27)23-17-10-12-25(13-11-17)19(26)14-16-8-6-7-9-18(16)29-4/h6-9,15,17,20H,5,10-14H2,1-4H3,(H,23,27)(H,24,28). The predicted molar refractivity (Wildman–Crippen MR) is 113 cm³/mol. The van der Waals surface area contributed by atoms with Gasteiger partial charge >= 0.3 is 6.09 Å². The average molecular weight is 420 g/mol. The first-order valence-electron chi connectivity index (χ1n) is 10.5. The Morgan fingerprint density at radius 3 is 2.43 bits per heavy atom. The van der Waals surface area contributed by atoms with E-state index in [1.807, 2.05) is 43.0 Å². The van der Waals surface area contributed by atoms with Crippen LogP contribution >= 0.6 is 0 Å². The van der Waals surface area contributed by atoms with Gasteiger partial charge in [-0.25, -0.2) is 4.79 Å². The quantitative estimate of drug-likeness (QED) is 0.673. The van der Waals surface area contributed by atoms with Crippen LogP contribution in [-0.4, -0.2) is 61.7 Å². The van der Waals surface area contributed by atoms with E-state index < -0.39 is 12.1 Å². The van der Waals surface area contributed by atoms with Crippen molar-refractivity contribution in [2.45, 2.75) is 52.1 Å². The van der Waals surface area contributed by atoms with Crippen molar-refractivity contribution >= 4 is 17.9 Å². The molecule has 30 heavy (non-hydrogen) atoms. The number of nitrogens with one attached hydrogen (secondary N) is 2. The summed E-state index contributed by atoms with van der Waals surface area (Å²) in [6.07, 6.45) is 1.05. The highest BCUT2D eigenvalue weighted by Crippen LogP contribution is 2.20. The number of rotatable bonds is 8. The Balaban J connectivity index is 1.85. The van der Waals surface area contributed by atoms with Gasteiger partial charge in [0.15, 0.2) is 0 Å². The van der Waals surface area contributed by atoms with E-state index in [-0.39, 0.29) is 30.4 Å². The number of nitrogens with zero attached hydrogens (tertiary/aromatic N) is 1. The van der Waals surface area contributed by atoms with Gasteiger partial charge in [0.2, 0.25) is 11.8 Å². The second-order valence-corrected chi connectivity index (χ2v) is 7.74. The Kier molecular flexibility index (Phi) is 8.95. The largest absolute Gasteiger partial charge is 0.496 e. The summed E-state index contributed by atoms with van der Waals surface area (Å²) < 4.78 is 10.2. The first kappa shape index (κ1) is 23.5. The summed E-state index contributed by atoms with van der Waals surface area (Å²) in [5.74, 6) is 0.462. The van der Waals surface area contributed by atoms with Gasteiger partial charge in [-0.1, -0.05) is 32.0 Å². The lowest BCUT2D eigenvalue weighted by Gasteiger charge is -2.33. The van der Waals surface area contributed by atoms with Gasteiger partial charge in [-0.3, -0.25) is 9.59 Å². The zero-order chi connectivity index (χ0) is 22.1. The van der Waals surface area contributed by atoms with Gasteiger partial charge in [-0.05, 0) is 31.7 Å². The van der Waals surface area contributed by atoms with E-state index in [0.29, 0.717) is 38.1 Å². The molecule has 0 bridgehead atoms. The molecule has 8 heteroatoms. The average Bonchev–Trinajstić information content (AvgIpc) is 2.72. The Bertz CT molecular complexity index is 729. The summed E-state index contributed by atoms with van der Waals surface area (Å²) in [5, 5.41) is 5.63. The van der Waals surface area contributed by atoms with Gasteiger partial charge in [0.25, 0.3) is 0 Å². The summed E-state index contributed by atoms with van der Waals surface area (Å²) in [6.45, 7) is 6.87. The van der Waals surface area contributed by atoms with Gasteiger partial charge in [0.05, 0.1) is 20.1 Å². The molecule has 1 aromatic carbocycles. The van der Waals surface area contributed by atoms with Crippen molar-refractivity contribution in [1.29, 1.82) is 0 Å². The molecular weight excluding hydrogens is 386 g/mol. The molecule has 0 spiro atoms. The number of amides is 3. The number of hydrogen-bond donors (Lipinski definition) is 2. The van der Waals surface area contributed by atoms with Crippen LogP contribution in [0.15, 0.2) is 24.3 Å². The zero-order valence-electron chi connectivity index (χ0n) is 18.3. The van der Waals surface area contributed by atoms with E-state index >= 15 is 0 Å². The van der Waals surface area contributed by atoms with E-state index in [4.69, 9.17) is 9.47 Å². The molecule has 0 aromatic heterocycles. The highest BCUT2D eigenvalue weighted by Gasteiger charge is 2.29. The molecule has 1 heterocycles. The van der Waals surface area contributed by atoms with Gasteiger partial charge in [0.1, 0.15) is 11.8 Å². The Labute approximate surface area is 178 Å². The number of hydrogen-bond acceptors (Lipinski definition) is 5. The maximum atomic E-state index is 12.7. The van der Waals surface area contributed by atoms with Crippen molar-refractivity contribution in [1.82, 2.24) is 15.5 Å². The van der Waals surface area contributed by atoms with Crippen molar-refractivity contribution in [3.63, 3.8) is 0 Å². The molecule has 3 amide bonds. The van der Waals surface area contributed by atoms with Crippen LogP contribution in [0.25, 0.3) is 0 Å². The monoisotopic (exact) mass is 419 g/mol. The summed E-state index contributed by atoms with van der Waals surface area (Å²) in [4.78, 5) is 38.8. The third-order valence-corrected chi connectivity index (χ3v) is 5.23. The number of para-hydroxylation sites is 1. The van der Waals surface area contributed by atoms with Crippen LogP contribution in [0, 0.1) is 5.92 Å². The number of alkyl carbamates (subject to hydrolysis) is 1. The van der Waals surface area contributed by atoms with Crippen molar-refractivity contribution in [3.05, 3.63) is 29.8 Å². The minimum Gasteiger partial charge on any atom is -0.496 e. The number of carbonyl (C=O) groups excluding carboxylic acids is 3. The van der Waals surface area contributed by atoms with Gasteiger partial charge in [-0.2, -0.15) is 0 Å². The number of carbonyl (C=O) groups is 3. The second kappa shape index (κ2) is 11.4. The van der Waals surface area contributed by atoms with Crippen LogP contribution in [0.2, 0.25) is 0 Å². The van der Waals surface area contributed by atoms with Gasteiger partial charge in [-0.15, -0.1) is 0 Å². The van der Waals surface area contributed by atoms with Crippen LogP contribution in [0.4, 0.5) is 4.79 Å². The Hall–Kier alpha value is -2.77. The van der Waals surface area contributed by atoms with Gasteiger partial charge < -0.3 is 25.0 Å². The van der Waals surface area contributed by atoms with Crippen LogP contribution < -0.4 is 15.4 Å². The van der Waals surface area contributed by atoms with Crippen molar-refractivity contribution < 1.29 is 23.9 Å². The normalized spacial score (nSPS) is 15.4. The number of likely N-dealkylation sites (tertiary alicyclic amines) is 1. The van der Waals surface area contributed by atoms with E-state index in [9.17, 15) is 14.4 Å². The lowest BCUT2D eigenvalue weighted by molar-refractivity contribution is -0.131. The van der Waals surface area contributed by atoms with Crippen molar-refractivity contribution in [3.8, 4) is 5.75 Å². The molecule has 2 N–H and O–H groups in total. The summed E-state index contributed by atoms with van der Waals surface area (Å²) >= 11 is 0. The summed E-state index contributed by atoms with van der Waals surface area (Å²) in [7, 11) is 1.60. The van der Waals surface area contributed by atoms with Gasteiger partial charge in [0, 0.05) is 24.7 Å².